The van der Waals surface area contributed by atoms with E-state index in [9.17, 15) is 14.9 Å². The summed E-state index contributed by atoms with van der Waals surface area (Å²) in [6.45, 7) is 3.58. The van der Waals surface area contributed by atoms with Gasteiger partial charge >= 0.3 is 0 Å². The van der Waals surface area contributed by atoms with E-state index in [0.29, 0.717) is 30.3 Å². The van der Waals surface area contributed by atoms with Crippen LogP contribution in [0.25, 0.3) is 5.69 Å². The first-order chi connectivity index (χ1) is 11.1. The van der Waals surface area contributed by atoms with E-state index in [0.717, 1.165) is 12.8 Å². The van der Waals surface area contributed by atoms with Crippen molar-refractivity contribution < 1.29 is 9.72 Å². The zero-order chi connectivity index (χ0) is 16.4. The van der Waals surface area contributed by atoms with Gasteiger partial charge in [-0.25, -0.2) is 4.98 Å². The highest BCUT2D eigenvalue weighted by molar-refractivity contribution is 5.95. The van der Waals surface area contributed by atoms with Crippen LogP contribution in [0.3, 0.4) is 0 Å². The highest BCUT2D eigenvalue weighted by Gasteiger charge is 2.24. The van der Waals surface area contributed by atoms with Gasteiger partial charge < -0.3 is 9.47 Å². The monoisotopic (exact) mass is 314 g/mol. The quantitative estimate of drug-likeness (QED) is 0.644. The number of aromatic nitrogens is 2. The number of likely N-dealkylation sites (tertiary alicyclic amines) is 1. The summed E-state index contributed by atoms with van der Waals surface area (Å²) < 4.78 is 1.56. The Morgan fingerprint density at radius 2 is 2.09 bits per heavy atom. The normalized spacial score (nSPS) is 15.6. The predicted octanol–water partition coefficient (Wildman–Crippen LogP) is 2.65. The Balaban J connectivity index is 1.90. The molecule has 1 fully saturated rings. The van der Waals surface area contributed by atoms with E-state index < -0.39 is 4.92 Å². The number of piperidine rings is 1. The molecule has 0 aliphatic carbocycles. The lowest BCUT2D eigenvalue weighted by Gasteiger charge is -2.30. The average Bonchev–Trinajstić information content (AvgIpc) is 3.08. The van der Waals surface area contributed by atoms with Gasteiger partial charge in [0.15, 0.2) is 0 Å². The van der Waals surface area contributed by atoms with Crippen LogP contribution in [-0.4, -0.2) is 38.4 Å². The molecular formula is C16H18N4O3. The molecule has 0 N–H and O–H groups in total. The molecule has 3 rings (SSSR count). The highest BCUT2D eigenvalue weighted by Crippen LogP contribution is 2.26. The molecule has 0 saturated carbocycles. The minimum Gasteiger partial charge on any atom is -0.339 e. The molecule has 2 aromatic rings. The van der Waals surface area contributed by atoms with E-state index in [4.69, 9.17) is 0 Å². The molecule has 120 valence electrons. The predicted molar refractivity (Wildman–Crippen MR) is 84.5 cm³/mol. The van der Waals surface area contributed by atoms with Gasteiger partial charge in [-0.1, -0.05) is 6.92 Å². The maximum Gasteiger partial charge on any atom is 0.294 e. The number of carbonyl (C=O) groups is 1. The molecule has 7 nitrogen and oxygen atoms in total. The Hall–Kier alpha value is -2.70. The molecule has 7 heteroatoms. The first-order valence-corrected chi connectivity index (χ1v) is 7.62. The highest BCUT2D eigenvalue weighted by atomic mass is 16.6. The third-order valence-corrected chi connectivity index (χ3v) is 4.27. The molecular weight excluding hydrogens is 296 g/mol. The molecule has 0 unspecified atom stereocenters. The van der Waals surface area contributed by atoms with E-state index in [1.165, 1.54) is 12.4 Å². The van der Waals surface area contributed by atoms with Gasteiger partial charge in [-0.2, -0.15) is 0 Å². The van der Waals surface area contributed by atoms with Gasteiger partial charge in [-0.15, -0.1) is 0 Å². The maximum absolute atomic E-state index is 12.6. The van der Waals surface area contributed by atoms with Crippen LogP contribution < -0.4 is 0 Å². The van der Waals surface area contributed by atoms with Crippen LogP contribution in [0.15, 0.2) is 36.9 Å². The molecule has 1 amide bonds. The summed E-state index contributed by atoms with van der Waals surface area (Å²) in [5, 5.41) is 11.4. The number of rotatable bonds is 3. The van der Waals surface area contributed by atoms with Crippen LogP contribution in [0.4, 0.5) is 5.69 Å². The first kappa shape index (κ1) is 15.2. The molecule has 1 aromatic carbocycles. The zero-order valence-electron chi connectivity index (χ0n) is 12.9. The number of hydrogen-bond donors (Lipinski definition) is 0. The summed E-state index contributed by atoms with van der Waals surface area (Å²) in [6.07, 6.45) is 6.63. The third kappa shape index (κ3) is 3.08. The topological polar surface area (TPSA) is 81.3 Å². The van der Waals surface area contributed by atoms with Crippen LogP contribution in [-0.2, 0) is 0 Å². The molecule has 0 bridgehead atoms. The molecule has 0 atom stereocenters. The minimum absolute atomic E-state index is 0.0979. The minimum atomic E-state index is -0.468. The summed E-state index contributed by atoms with van der Waals surface area (Å²) in [4.78, 5) is 29.1. The van der Waals surface area contributed by atoms with E-state index >= 15 is 0 Å². The van der Waals surface area contributed by atoms with Crippen molar-refractivity contribution >= 4 is 11.6 Å². The summed E-state index contributed by atoms with van der Waals surface area (Å²) in [6, 6.07) is 4.60. The van der Waals surface area contributed by atoms with Crippen molar-refractivity contribution in [2.75, 3.05) is 13.1 Å². The van der Waals surface area contributed by atoms with Crippen LogP contribution in [0.1, 0.15) is 30.1 Å². The number of hydrogen-bond acceptors (Lipinski definition) is 4. The van der Waals surface area contributed by atoms with Crippen molar-refractivity contribution in [1.29, 1.82) is 0 Å². The first-order valence-electron chi connectivity index (χ1n) is 7.62. The Labute approximate surface area is 133 Å². The maximum atomic E-state index is 12.6. The molecule has 1 aliphatic heterocycles. The number of imidazole rings is 1. The fraction of sp³-hybridized carbons (Fsp3) is 0.375. The lowest BCUT2D eigenvalue weighted by Crippen LogP contribution is -2.37. The van der Waals surface area contributed by atoms with E-state index in [1.807, 2.05) is 0 Å². The second kappa shape index (κ2) is 6.20. The fourth-order valence-corrected chi connectivity index (χ4v) is 2.82. The zero-order valence-corrected chi connectivity index (χ0v) is 12.9. The lowest BCUT2D eigenvalue weighted by atomic mass is 9.98. The molecule has 2 heterocycles. The van der Waals surface area contributed by atoms with Gasteiger partial charge in [0.1, 0.15) is 5.69 Å². The molecule has 1 aromatic heterocycles. The van der Waals surface area contributed by atoms with Crippen LogP contribution in [0, 0.1) is 16.0 Å². The third-order valence-electron chi connectivity index (χ3n) is 4.27. The van der Waals surface area contributed by atoms with Gasteiger partial charge in [0.2, 0.25) is 0 Å². The number of nitro groups is 1. The van der Waals surface area contributed by atoms with Gasteiger partial charge in [-0.05, 0) is 30.9 Å². The molecule has 0 spiro atoms. The summed E-state index contributed by atoms with van der Waals surface area (Å²) in [5.41, 5.74) is 0.658. The van der Waals surface area contributed by atoms with Crippen molar-refractivity contribution in [2.24, 2.45) is 5.92 Å². The van der Waals surface area contributed by atoms with Crippen LogP contribution >= 0.6 is 0 Å². The van der Waals surface area contributed by atoms with Crippen molar-refractivity contribution in [3.05, 3.63) is 52.6 Å². The second-order valence-electron chi connectivity index (χ2n) is 5.91. The lowest BCUT2D eigenvalue weighted by molar-refractivity contribution is -0.384. The number of nitrogens with zero attached hydrogens (tertiary/aromatic N) is 4. The second-order valence-corrected chi connectivity index (χ2v) is 5.91. The Bertz CT molecular complexity index is 719. The molecule has 1 saturated heterocycles. The summed E-state index contributed by atoms with van der Waals surface area (Å²) in [7, 11) is 0. The molecule has 0 radical (unpaired) electrons. The smallest absolute Gasteiger partial charge is 0.294 e. The standard InChI is InChI=1S/C16H18N4O3/c1-12-4-7-18(8-5-12)16(21)13-2-3-14(15(10-13)20(22)23)19-9-6-17-11-19/h2-3,6,9-12H,4-5,7-8H2,1H3. The van der Waals surface area contributed by atoms with Crippen molar-refractivity contribution in [3.8, 4) is 5.69 Å². The summed E-state index contributed by atoms with van der Waals surface area (Å²) in [5.74, 6) is 0.481. The van der Waals surface area contributed by atoms with Gasteiger partial charge in [-0.3, -0.25) is 14.9 Å². The van der Waals surface area contributed by atoms with E-state index in [2.05, 4.69) is 11.9 Å². The van der Waals surface area contributed by atoms with Gasteiger partial charge in [0.05, 0.1) is 11.3 Å². The number of amides is 1. The number of nitro benzene ring substituents is 1. The molecule has 23 heavy (non-hydrogen) atoms. The SMILES string of the molecule is CC1CCN(C(=O)c2ccc(-n3ccnc3)c([N+](=O)[O-])c2)CC1. The van der Waals surface area contributed by atoms with Crippen LogP contribution in [0.2, 0.25) is 0 Å². The average molecular weight is 314 g/mol. The van der Waals surface area contributed by atoms with Crippen LogP contribution in [0.5, 0.6) is 0 Å². The van der Waals surface area contributed by atoms with Crippen molar-refractivity contribution in [3.63, 3.8) is 0 Å². The Kier molecular flexibility index (Phi) is 4.10. The number of benzene rings is 1. The van der Waals surface area contributed by atoms with Crippen molar-refractivity contribution in [1.82, 2.24) is 14.5 Å². The largest absolute Gasteiger partial charge is 0.339 e. The van der Waals surface area contributed by atoms with E-state index in [-0.39, 0.29) is 11.6 Å². The van der Waals surface area contributed by atoms with Gasteiger partial charge in [0.25, 0.3) is 11.6 Å². The Morgan fingerprint density at radius 1 is 1.35 bits per heavy atom. The fourth-order valence-electron chi connectivity index (χ4n) is 2.82. The van der Waals surface area contributed by atoms with E-state index in [1.54, 1.807) is 34.0 Å². The Morgan fingerprint density at radius 3 is 2.70 bits per heavy atom. The summed E-state index contributed by atoms with van der Waals surface area (Å²) >= 11 is 0. The van der Waals surface area contributed by atoms with Crippen molar-refractivity contribution in [2.45, 2.75) is 19.8 Å². The van der Waals surface area contributed by atoms with Gasteiger partial charge in [0, 0.05) is 37.1 Å². The molecule has 1 aliphatic rings. The number of carbonyl (C=O) groups excluding carboxylic acids is 1.